The average molecular weight is 306 g/mol. The van der Waals surface area contributed by atoms with Crippen molar-refractivity contribution < 1.29 is 29.0 Å². The zero-order valence-electron chi connectivity index (χ0n) is 12.0. The van der Waals surface area contributed by atoms with Gasteiger partial charge in [-0.2, -0.15) is 0 Å². The van der Waals surface area contributed by atoms with Crippen molar-refractivity contribution in [3.05, 3.63) is 34.2 Å². The molecule has 2 rings (SSSR count). The number of carbonyl (C=O) groups excluding carboxylic acids is 2. The first kappa shape index (κ1) is 15.6. The number of rotatable bonds is 4. The summed E-state index contributed by atoms with van der Waals surface area (Å²) in [6, 6.07) is 3.21. The Hall–Kier alpha value is -2.83. The molecule has 0 saturated heterocycles. The average Bonchev–Trinajstić information content (AvgIpc) is 2.42. The molecule has 0 bridgehead atoms. The van der Waals surface area contributed by atoms with Gasteiger partial charge in [-0.3, -0.25) is 14.4 Å². The fraction of sp³-hybridized carbons (Fsp3) is 0.267. The third-order valence-corrected chi connectivity index (χ3v) is 3.25. The van der Waals surface area contributed by atoms with Crippen LogP contribution in [0.15, 0.2) is 27.4 Å². The second-order valence-electron chi connectivity index (χ2n) is 4.79. The van der Waals surface area contributed by atoms with E-state index in [4.69, 9.17) is 4.42 Å². The number of hydrogen-bond donors (Lipinski definition) is 2. The van der Waals surface area contributed by atoms with Crippen LogP contribution in [0.3, 0.4) is 0 Å². The maximum atomic E-state index is 12.1. The molecule has 0 amide bonds. The van der Waals surface area contributed by atoms with Crippen molar-refractivity contribution in [3.63, 3.8) is 0 Å². The number of methoxy groups -OCH3 is 1. The van der Waals surface area contributed by atoms with E-state index in [0.29, 0.717) is 0 Å². The number of ketones is 1. The number of benzene rings is 1. The maximum absolute atomic E-state index is 12.1. The number of esters is 1. The Balaban J connectivity index is 2.62. The Morgan fingerprint density at radius 1 is 1.27 bits per heavy atom. The maximum Gasteiger partial charge on any atom is 0.306 e. The van der Waals surface area contributed by atoms with E-state index in [9.17, 15) is 24.6 Å². The van der Waals surface area contributed by atoms with Crippen molar-refractivity contribution in [2.24, 2.45) is 0 Å². The molecule has 22 heavy (non-hydrogen) atoms. The lowest BCUT2D eigenvalue weighted by molar-refractivity contribution is -0.142. The van der Waals surface area contributed by atoms with Gasteiger partial charge in [0.05, 0.1) is 19.4 Å². The largest absolute Gasteiger partial charge is 0.508 e. The van der Waals surface area contributed by atoms with Gasteiger partial charge in [0, 0.05) is 18.2 Å². The van der Waals surface area contributed by atoms with Crippen LogP contribution >= 0.6 is 0 Å². The quantitative estimate of drug-likeness (QED) is 0.821. The SMILES string of the molecule is COC(=O)CC(C(C)=O)c1cc(=O)c2c(O)cc(O)cc2o1. The van der Waals surface area contributed by atoms with E-state index in [2.05, 4.69) is 4.74 Å². The van der Waals surface area contributed by atoms with Gasteiger partial charge in [-0.05, 0) is 6.92 Å². The third kappa shape index (κ3) is 2.93. The van der Waals surface area contributed by atoms with Gasteiger partial charge >= 0.3 is 5.97 Å². The molecular formula is C15H14O7. The molecule has 0 saturated carbocycles. The highest BCUT2D eigenvalue weighted by atomic mass is 16.5. The Kier molecular flexibility index (Phi) is 4.16. The third-order valence-electron chi connectivity index (χ3n) is 3.25. The van der Waals surface area contributed by atoms with Gasteiger partial charge < -0.3 is 19.4 Å². The predicted molar refractivity (Wildman–Crippen MR) is 75.9 cm³/mol. The molecule has 0 fully saturated rings. The minimum atomic E-state index is -0.978. The van der Waals surface area contributed by atoms with Crippen LogP contribution in [-0.2, 0) is 14.3 Å². The van der Waals surface area contributed by atoms with Crippen molar-refractivity contribution in [1.29, 1.82) is 0 Å². The summed E-state index contributed by atoms with van der Waals surface area (Å²) in [5.74, 6) is -2.73. The molecule has 1 atom stereocenters. The number of carbonyl (C=O) groups is 2. The number of phenolic OH excluding ortho intramolecular Hbond substituents is 2. The molecule has 0 aliphatic heterocycles. The second kappa shape index (κ2) is 5.88. The number of phenols is 2. The molecule has 7 nitrogen and oxygen atoms in total. The number of Topliss-reactive ketones (excluding diaryl/α,β-unsaturated/α-hetero) is 1. The minimum absolute atomic E-state index is 0.0274. The van der Waals surface area contributed by atoms with E-state index in [0.717, 1.165) is 18.2 Å². The van der Waals surface area contributed by atoms with Gasteiger partial charge in [-0.15, -0.1) is 0 Å². The summed E-state index contributed by atoms with van der Waals surface area (Å²) in [5, 5.41) is 19.0. The molecule has 1 aromatic heterocycles. The van der Waals surface area contributed by atoms with Crippen LogP contribution in [0, 0.1) is 0 Å². The van der Waals surface area contributed by atoms with E-state index in [1.807, 2.05) is 0 Å². The van der Waals surface area contributed by atoms with Gasteiger partial charge in [0.25, 0.3) is 0 Å². The molecule has 2 N–H and O–H groups in total. The monoisotopic (exact) mass is 306 g/mol. The molecule has 0 aliphatic rings. The summed E-state index contributed by atoms with van der Waals surface area (Å²) in [7, 11) is 1.19. The number of fused-ring (bicyclic) bond motifs is 1. The fourth-order valence-electron chi connectivity index (χ4n) is 2.14. The van der Waals surface area contributed by atoms with Crippen LogP contribution in [0.25, 0.3) is 11.0 Å². The van der Waals surface area contributed by atoms with Crippen molar-refractivity contribution in [2.75, 3.05) is 7.11 Å². The Labute approximate surface area is 124 Å². The molecule has 0 spiro atoms. The summed E-state index contributed by atoms with van der Waals surface area (Å²) < 4.78 is 9.94. The molecule has 1 heterocycles. The molecule has 0 radical (unpaired) electrons. The van der Waals surface area contributed by atoms with Gasteiger partial charge in [-0.1, -0.05) is 0 Å². The number of aromatic hydroxyl groups is 2. The smallest absolute Gasteiger partial charge is 0.306 e. The number of ether oxygens (including phenoxy) is 1. The van der Waals surface area contributed by atoms with Crippen LogP contribution in [0.5, 0.6) is 11.5 Å². The minimum Gasteiger partial charge on any atom is -0.508 e. The summed E-state index contributed by atoms with van der Waals surface area (Å²) in [5.41, 5.74) is -0.652. The summed E-state index contributed by atoms with van der Waals surface area (Å²) in [6.45, 7) is 1.26. The summed E-state index contributed by atoms with van der Waals surface area (Å²) in [4.78, 5) is 35.2. The van der Waals surface area contributed by atoms with Crippen LogP contribution in [0.2, 0.25) is 0 Å². The van der Waals surface area contributed by atoms with Crippen LogP contribution in [0.4, 0.5) is 0 Å². The second-order valence-corrected chi connectivity index (χ2v) is 4.79. The van der Waals surface area contributed by atoms with Crippen molar-refractivity contribution >= 4 is 22.7 Å². The summed E-state index contributed by atoms with van der Waals surface area (Å²) in [6.07, 6.45) is -0.273. The fourth-order valence-corrected chi connectivity index (χ4v) is 2.14. The predicted octanol–water partition coefficient (Wildman–Crippen LogP) is 1.44. The van der Waals surface area contributed by atoms with Crippen LogP contribution in [-0.4, -0.2) is 29.1 Å². The highest BCUT2D eigenvalue weighted by Gasteiger charge is 2.25. The molecule has 2 aromatic rings. The highest BCUT2D eigenvalue weighted by Crippen LogP contribution is 2.30. The molecule has 0 aliphatic carbocycles. The summed E-state index contributed by atoms with van der Waals surface area (Å²) >= 11 is 0. The highest BCUT2D eigenvalue weighted by molar-refractivity contribution is 5.89. The lowest BCUT2D eigenvalue weighted by atomic mass is 9.97. The van der Waals surface area contributed by atoms with Crippen molar-refractivity contribution in [2.45, 2.75) is 19.3 Å². The lowest BCUT2D eigenvalue weighted by Crippen LogP contribution is -2.17. The standard InChI is InChI=1S/C15H14O7/c1-7(16)9(5-14(20)21-2)12-6-11(19)15-10(18)3-8(17)4-13(15)22-12/h3-4,6,9,17-18H,5H2,1-2H3. The van der Waals surface area contributed by atoms with E-state index in [-0.39, 0.29) is 34.7 Å². The van der Waals surface area contributed by atoms with Gasteiger partial charge in [0.15, 0.2) is 5.43 Å². The molecule has 1 unspecified atom stereocenters. The van der Waals surface area contributed by atoms with Gasteiger partial charge in [0.1, 0.15) is 34.0 Å². The van der Waals surface area contributed by atoms with Gasteiger partial charge in [-0.25, -0.2) is 0 Å². The van der Waals surface area contributed by atoms with Crippen molar-refractivity contribution in [1.82, 2.24) is 0 Å². The van der Waals surface area contributed by atoms with E-state index >= 15 is 0 Å². The molecular weight excluding hydrogens is 292 g/mol. The van der Waals surface area contributed by atoms with Gasteiger partial charge in [0.2, 0.25) is 0 Å². The van der Waals surface area contributed by atoms with E-state index in [1.165, 1.54) is 14.0 Å². The zero-order valence-corrected chi connectivity index (χ0v) is 12.0. The van der Waals surface area contributed by atoms with Crippen molar-refractivity contribution in [3.8, 4) is 11.5 Å². The Bertz CT molecular complexity index is 803. The first-order valence-corrected chi connectivity index (χ1v) is 6.40. The first-order valence-electron chi connectivity index (χ1n) is 6.40. The van der Waals surface area contributed by atoms with E-state index < -0.39 is 23.1 Å². The molecule has 1 aromatic carbocycles. The lowest BCUT2D eigenvalue weighted by Gasteiger charge is -2.12. The Morgan fingerprint density at radius 3 is 2.55 bits per heavy atom. The normalized spacial score (nSPS) is 12.1. The topological polar surface area (TPSA) is 114 Å². The van der Waals surface area contributed by atoms with Crippen LogP contribution < -0.4 is 5.43 Å². The van der Waals surface area contributed by atoms with E-state index in [1.54, 1.807) is 0 Å². The number of hydrogen-bond acceptors (Lipinski definition) is 7. The zero-order chi connectivity index (χ0) is 16.4. The molecule has 7 heteroatoms. The first-order chi connectivity index (χ1) is 10.3. The molecule has 116 valence electrons. The Morgan fingerprint density at radius 2 is 1.95 bits per heavy atom. The van der Waals surface area contributed by atoms with Crippen LogP contribution in [0.1, 0.15) is 25.0 Å².